The van der Waals surface area contributed by atoms with E-state index in [1.165, 1.54) is 11.3 Å². The maximum Gasteiger partial charge on any atom is 0.283 e. The van der Waals surface area contributed by atoms with Crippen LogP contribution in [0.2, 0.25) is 0 Å². The van der Waals surface area contributed by atoms with Crippen LogP contribution in [0, 0.1) is 0 Å². The minimum Gasteiger partial charge on any atom is -0.485 e. The molecule has 0 fully saturated rings. The molecule has 0 bridgehead atoms. The number of fused-ring (bicyclic) bond motifs is 1. The summed E-state index contributed by atoms with van der Waals surface area (Å²) in [6.07, 6.45) is -0.507. The van der Waals surface area contributed by atoms with Crippen molar-refractivity contribution in [1.29, 1.82) is 0 Å². The van der Waals surface area contributed by atoms with E-state index in [-0.39, 0.29) is 25.4 Å². The molecule has 3 heterocycles. The Morgan fingerprint density at radius 1 is 1.14 bits per heavy atom. The van der Waals surface area contributed by atoms with E-state index in [2.05, 4.69) is 21.0 Å². The van der Waals surface area contributed by atoms with Crippen molar-refractivity contribution in [3.05, 3.63) is 47.7 Å². The molecule has 1 aliphatic heterocycles. The number of carbonyl (C=O) groups excluding carboxylic acids is 2. The Kier molecular flexibility index (Phi) is 5.20. The van der Waals surface area contributed by atoms with Crippen LogP contribution in [0.1, 0.15) is 12.3 Å². The Labute approximate surface area is 163 Å². The molecule has 0 radical (unpaired) electrons. The first-order valence-corrected chi connectivity index (χ1v) is 9.40. The monoisotopic (exact) mass is 400 g/mol. The van der Waals surface area contributed by atoms with Gasteiger partial charge in [0.05, 0.1) is 4.88 Å². The number of carbonyl (C=O) groups is 2. The Balaban J connectivity index is 1.22. The number of ether oxygens (including phenoxy) is 2. The first kappa shape index (κ1) is 18.0. The van der Waals surface area contributed by atoms with Crippen molar-refractivity contribution in [2.45, 2.75) is 18.9 Å². The third-order valence-electron chi connectivity index (χ3n) is 3.90. The van der Waals surface area contributed by atoms with Gasteiger partial charge >= 0.3 is 0 Å². The average molecular weight is 400 g/mol. The largest absolute Gasteiger partial charge is 0.485 e. The van der Waals surface area contributed by atoms with Crippen molar-refractivity contribution in [3.8, 4) is 22.2 Å². The molecule has 4 rings (SSSR count). The lowest BCUT2D eigenvalue weighted by atomic mass is 10.2. The van der Waals surface area contributed by atoms with E-state index in [4.69, 9.17) is 14.0 Å². The van der Waals surface area contributed by atoms with Crippen molar-refractivity contribution in [2.24, 2.45) is 0 Å². The zero-order chi connectivity index (χ0) is 19.3. The molecular weight excluding hydrogens is 384 g/mol. The van der Waals surface area contributed by atoms with Crippen LogP contribution in [-0.2, 0) is 16.0 Å². The second-order valence-electron chi connectivity index (χ2n) is 5.89. The summed E-state index contributed by atoms with van der Waals surface area (Å²) in [5.74, 6) is 1.02. The Hall–Kier alpha value is -3.40. The van der Waals surface area contributed by atoms with Gasteiger partial charge in [-0.05, 0) is 23.6 Å². The zero-order valence-corrected chi connectivity index (χ0v) is 15.4. The number of nitrogens with zero attached hydrogens (tertiary/aromatic N) is 2. The molecule has 0 spiro atoms. The van der Waals surface area contributed by atoms with E-state index >= 15 is 0 Å². The number of para-hydroxylation sites is 2. The summed E-state index contributed by atoms with van der Waals surface area (Å²) < 4.78 is 16.2. The third kappa shape index (κ3) is 4.12. The molecule has 10 heteroatoms. The summed E-state index contributed by atoms with van der Waals surface area (Å²) in [6, 6.07) is 10.8. The van der Waals surface area contributed by atoms with Gasteiger partial charge in [0.15, 0.2) is 11.5 Å². The summed E-state index contributed by atoms with van der Waals surface area (Å²) in [4.78, 5) is 29.2. The number of thiophene rings is 1. The minimum absolute atomic E-state index is 0.0617. The van der Waals surface area contributed by atoms with Crippen LogP contribution in [0.4, 0.5) is 0 Å². The van der Waals surface area contributed by atoms with Crippen LogP contribution in [0.3, 0.4) is 0 Å². The smallest absolute Gasteiger partial charge is 0.283 e. The molecule has 144 valence electrons. The summed E-state index contributed by atoms with van der Waals surface area (Å²) in [7, 11) is 0. The van der Waals surface area contributed by atoms with E-state index in [1.807, 2.05) is 23.6 Å². The lowest BCUT2D eigenvalue weighted by Crippen LogP contribution is -2.50. The van der Waals surface area contributed by atoms with Gasteiger partial charge in [-0.25, -0.2) is 0 Å². The molecule has 2 amide bonds. The molecule has 3 aromatic rings. The number of hydrogen-bond donors (Lipinski definition) is 2. The van der Waals surface area contributed by atoms with Gasteiger partial charge in [0.1, 0.15) is 6.61 Å². The van der Waals surface area contributed by atoms with Crippen molar-refractivity contribution in [2.75, 3.05) is 6.61 Å². The quantitative estimate of drug-likeness (QED) is 0.627. The molecule has 2 aromatic heterocycles. The maximum absolute atomic E-state index is 12.2. The molecule has 0 saturated heterocycles. The fourth-order valence-corrected chi connectivity index (χ4v) is 3.15. The number of benzene rings is 1. The molecule has 2 N–H and O–H groups in total. The minimum atomic E-state index is -0.848. The number of aryl methyl sites for hydroxylation is 1. The van der Waals surface area contributed by atoms with Crippen molar-refractivity contribution in [1.82, 2.24) is 21.0 Å². The molecule has 1 aromatic carbocycles. The predicted octanol–water partition coefficient (Wildman–Crippen LogP) is 1.72. The Morgan fingerprint density at radius 3 is 2.82 bits per heavy atom. The second kappa shape index (κ2) is 8.09. The number of nitrogens with one attached hydrogen (secondary N) is 2. The topological polar surface area (TPSA) is 116 Å². The molecular formula is C18H16N4O5S. The summed E-state index contributed by atoms with van der Waals surface area (Å²) in [5.41, 5.74) is 4.68. The van der Waals surface area contributed by atoms with E-state index in [9.17, 15) is 9.59 Å². The van der Waals surface area contributed by atoms with E-state index in [0.717, 1.165) is 4.88 Å². The number of rotatable bonds is 5. The molecule has 9 nitrogen and oxygen atoms in total. The SMILES string of the molecule is O=C(CCc1nc(-c2cccs2)no1)NNC(=O)C1COc2ccccc2O1. The summed E-state index contributed by atoms with van der Waals surface area (Å²) >= 11 is 1.50. The number of amides is 2. The normalized spacial score (nSPS) is 15.1. The number of aromatic nitrogens is 2. The standard InChI is InChI=1S/C18H16N4O5S/c23-15(7-8-16-19-17(22-27-16)14-6-3-9-28-14)20-21-18(24)13-10-25-11-4-1-2-5-12(11)26-13/h1-6,9,13H,7-8,10H2,(H,20,23)(H,21,24). The third-order valence-corrected chi connectivity index (χ3v) is 4.77. The van der Waals surface area contributed by atoms with Gasteiger partial charge in [-0.3, -0.25) is 20.4 Å². The van der Waals surface area contributed by atoms with Crippen LogP contribution in [0.25, 0.3) is 10.7 Å². The summed E-state index contributed by atoms with van der Waals surface area (Å²) in [6.45, 7) is 0.0617. The average Bonchev–Trinajstić information content (AvgIpc) is 3.41. The lowest BCUT2D eigenvalue weighted by molar-refractivity contribution is -0.135. The highest BCUT2D eigenvalue weighted by atomic mass is 32.1. The van der Waals surface area contributed by atoms with Gasteiger partial charge in [0.2, 0.25) is 23.7 Å². The van der Waals surface area contributed by atoms with Gasteiger partial charge in [-0.2, -0.15) is 4.98 Å². The lowest BCUT2D eigenvalue weighted by Gasteiger charge is -2.25. The highest BCUT2D eigenvalue weighted by molar-refractivity contribution is 7.13. The Bertz CT molecular complexity index is 972. The van der Waals surface area contributed by atoms with E-state index < -0.39 is 12.0 Å². The van der Waals surface area contributed by atoms with Gasteiger partial charge in [-0.15, -0.1) is 11.3 Å². The maximum atomic E-state index is 12.2. The predicted molar refractivity (Wildman–Crippen MR) is 98.6 cm³/mol. The van der Waals surface area contributed by atoms with Crippen LogP contribution >= 0.6 is 11.3 Å². The van der Waals surface area contributed by atoms with Crippen molar-refractivity contribution < 1.29 is 23.6 Å². The highest BCUT2D eigenvalue weighted by Crippen LogP contribution is 2.30. The fraction of sp³-hybridized carbons (Fsp3) is 0.222. The van der Waals surface area contributed by atoms with Gasteiger partial charge in [0.25, 0.3) is 5.91 Å². The fourth-order valence-electron chi connectivity index (χ4n) is 2.51. The first-order valence-electron chi connectivity index (χ1n) is 8.52. The highest BCUT2D eigenvalue weighted by Gasteiger charge is 2.27. The molecule has 0 saturated carbocycles. The number of hydrogen-bond acceptors (Lipinski definition) is 8. The molecule has 28 heavy (non-hydrogen) atoms. The molecule has 1 atom stereocenters. The zero-order valence-electron chi connectivity index (χ0n) is 14.6. The van der Waals surface area contributed by atoms with E-state index in [0.29, 0.717) is 23.2 Å². The van der Waals surface area contributed by atoms with Gasteiger partial charge in [0, 0.05) is 12.8 Å². The van der Waals surface area contributed by atoms with Gasteiger partial charge in [-0.1, -0.05) is 23.4 Å². The van der Waals surface area contributed by atoms with Crippen LogP contribution < -0.4 is 20.3 Å². The molecule has 1 unspecified atom stereocenters. The first-order chi connectivity index (χ1) is 13.7. The Morgan fingerprint density at radius 2 is 2.00 bits per heavy atom. The van der Waals surface area contributed by atoms with Gasteiger partial charge < -0.3 is 14.0 Å². The molecule has 0 aliphatic carbocycles. The number of hydrazine groups is 1. The van der Waals surface area contributed by atoms with Crippen molar-refractivity contribution in [3.63, 3.8) is 0 Å². The van der Waals surface area contributed by atoms with E-state index in [1.54, 1.807) is 18.2 Å². The van der Waals surface area contributed by atoms with Crippen LogP contribution in [-0.4, -0.2) is 34.7 Å². The van der Waals surface area contributed by atoms with Crippen molar-refractivity contribution >= 4 is 23.2 Å². The molecule has 1 aliphatic rings. The summed E-state index contributed by atoms with van der Waals surface area (Å²) in [5, 5.41) is 5.80. The van der Waals surface area contributed by atoms with Crippen LogP contribution in [0.5, 0.6) is 11.5 Å². The second-order valence-corrected chi connectivity index (χ2v) is 6.84. The van der Waals surface area contributed by atoms with Crippen LogP contribution in [0.15, 0.2) is 46.3 Å².